The molecule has 8 aromatic rings. The maximum atomic E-state index is 14.4. The molecular formula is C41H26F3N5. The smallest absolute Gasteiger partial charge is 0.367 e. The van der Waals surface area contributed by atoms with Crippen molar-refractivity contribution < 1.29 is 13.2 Å². The van der Waals surface area contributed by atoms with Gasteiger partial charge in [0.15, 0.2) is 0 Å². The second-order valence-corrected chi connectivity index (χ2v) is 12.0. The van der Waals surface area contributed by atoms with Crippen LogP contribution in [0.15, 0.2) is 134 Å². The maximum absolute atomic E-state index is 14.4. The summed E-state index contributed by atoms with van der Waals surface area (Å²) < 4.78 is 45.4. The lowest BCUT2D eigenvalue weighted by atomic mass is 9.94. The molecule has 0 radical (unpaired) electrons. The van der Waals surface area contributed by atoms with E-state index in [1.54, 1.807) is 30.5 Å². The van der Waals surface area contributed by atoms with Crippen LogP contribution in [0.3, 0.4) is 0 Å². The number of anilines is 1. The van der Waals surface area contributed by atoms with Crippen LogP contribution >= 0.6 is 0 Å². The number of hydrogen-bond donors (Lipinski definition) is 1. The zero-order chi connectivity index (χ0) is 33.1. The molecule has 1 aliphatic rings. The lowest BCUT2D eigenvalue weighted by molar-refractivity contribution is -0.136. The lowest BCUT2D eigenvalue weighted by Crippen LogP contribution is -2.09. The van der Waals surface area contributed by atoms with E-state index in [2.05, 4.69) is 39.2 Å². The Morgan fingerprint density at radius 2 is 1.43 bits per heavy atom. The number of alkyl halides is 3. The largest absolute Gasteiger partial charge is 0.417 e. The molecule has 0 saturated carbocycles. The zero-order valence-electron chi connectivity index (χ0n) is 25.9. The van der Waals surface area contributed by atoms with E-state index < -0.39 is 11.7 Å². The van der Waals surface area contributed by atoms with E-state index in [0.29, 0.717) is 33.4 Å². The van der Waals surface area contributed by atoms with Gasteiger partial charge in [-0.15, -0.1) is 0 Å². The first kappa shape index (κ1) is 28.9. The van der Waals surface area contributed by atoms with Crippen LogP contribution in [0, 0.1) is 0 Å². The number of hydrogen-bond acceptors (Lipinski definition) is 4. The van der Waals surface area contributed by atoms with Crippen LogP contribution in [0.2, 0.25) is 0 Å². The Kier molecular flexibility index (Phi) is 6.58. The highest BCUT2D eigenvalue weighted by Crippen LogP contribution is 2.41. The van der Waals surface area contributed by atoms with Gasteiger partial charge in [-0.3, -0.25) is 9.55 Å². The standard InChI is InChI=1S/C41H26F3N5/c42-41(43,44)34-21-25-8-1-2-9-29(25)30-16-14-26(20-33(30)34)36-22-28(23-37(48-36)35-12-5-6-18-45-35)27-15-17-39(47-24-27)49-38-13-4-3-10-31(38)32-11-7-19-46-40(32)49/h1-18,20-24,46H,19H2. The van der Waals surface area contributed by atoms with E-state index >= 15 is 0 Å². The van der Waals surface area contributed by atoms with E-state index in [1.165, 1.54) is 6.07 Å². The minimum absolute atomic E-state index is 0.132. The van der Waals surface area contributed by atoms with Gasteiger partial charge in [-0.1, -0.05) is 72.8 Å². The van der Waals surface area contributed by atoms with Crippen LogP contribution in [0.25, 0.3) is 78.1 Å². The molecule has 0 spiro atoms. The van der Waals surface area contributed by atoms with E-state index in [-0.39, 0.29) is 5.39 Å². The third-order valence-corrected chi connectivity index (χ3v) is 9.11. The normalized spacial score (nSPS) is 12.8. The molecule has 8 heteroatoms. The van der Waals surface area contributed by atoms with Gasteiger partial charge in [0.1, 0.15) is 11.6 Å². The first-order valence-electron chi connectivity index (χ1n) is 15.9. The predicted molar refractivity (Wildman–Crippen MR) is 191 cm³/mol. The number of fused-ring (bicyclic) bond motifs is 6. The minimum Gasteiger partial charge on any atom is -0.367 e. The van der Waals surface area contributed by atoms with Crippen LogP contribution in [0.1, 0.15) is 11.1 Å². The molecular weight excluding hydrogens is 619 g/mol. The molecule has 9 rings (SSSR count). The highest BCUT2D eigenvalue weighted by molar-refractivity contribution is 6.10. The van der Waals surface area contributed by atoms with Gasteiger partial charge < -0.3 is 5.32 Å². The van der Waals surface area contributed by atoms with E-state index in [0.717, 1.165) is 51.2 Å². The Morgan fingerprint density at radius 1 is 0.633 bits per heavy atom. The summed E-state index contributed by atoms with van der Waals surface area (Å²) in [6, 6.07) is 35.3. The summed E-state index contributed by atoms with van der Waals surface area (Å²) >= 11 is 0. The summed E-state index contributed by atoms with van der Waals surface area (Å²) in [7, 11) is 0. The topological polar surface area (TPSA) is 55.6 Å². The fourth-order valence-electron chi connectivity index (χ4n) is 6.86. The molecule has 4 aromatic carbocycles. The summed E-state index contributed by atoms with van der Waals surface area (Å²) in [5, 5.41) is 6.63. The number of aromatic nitrogens is 4. The Balaban J connectivity index is 1.20. The summed E-state index contributed by atoms with van der Waals surface area (Å²) in [6.45, 7) is 0.729. The van der Waals surface area contributed by atoms with Crippen molar-refractivity contribution in [1.29, 1.82) is 0 Å². The average Bonchev–Trinajstić information content (AvgIpc) is 3.48. The van der Waals surface area contributed by atoms with Crippen molar-refractivity contribution in [1.82, 2.24) is 19.5 Å². The summed E-state index contributed by atoms with van der Waals surface area (Å²) in [5.41, 5.74) is 5.53. The SMILES string of the molecule is FC(F)(F)c1cc2ccccc2c2ccc(-c3cc(-c4ccc(-n5c6c(c7ccccc75)C=CCN6)nc4)cc(-c4ccccn4)n3)cc12. The molecule has 0 unspecified atom stereocenters. The Morgan fingerprint density at radius 3 is 2.24 bits per heavy atom. The number of nitrogens with zero attached hydrogens (tertiary/aromatic N) is 4. The fourth-order valence-corrected chi connectivity index (χ4v) is 6.86. The molecule has 4 aromatic heterocycles. The van der Waals surface area contributed by atoms with E-state index in [1.807, 2.05) is 79.0 Å². The van der Waals surface area contributed by atoms with Gasteiger partial charge in [0.05, 0.1) is 28.2 Å². The Hall–Kier alpha value is -6.28. The first-order chi connectivity index (χ1) is 23.9. The van der Waals surface area contributed by atoms with E-state index in [9.17, 15) is 13.2 Å². The first-order valence-corrected chi connectivity index (χ1v) is 15.9. The van der Waals surface area contributed by atoms with Gasteiger partial charge in [0.25, 0.3) is 0 Å². The number of benzene rings is 4. The van der Waals surface area contributed by atoms with Gasteiger partial charge in [0.2, 0.25) is 0 Å². The monoisotopic (exact) mass is 645 g/mol. The number of halogens is 3. The molecule has 1 N–H and O–H groups in total. The van der Waals surface area contributed by atoms with Gasteiger partial charge in [-0.05, 0) is 81.7 Å². The molecule has 5 nitrogen and oxygen atoms in total. The lowest BCUT2D eigenvalue weighted by Gasteiger charge is -2.16. The molecule has 0 saturated heterocycles. The van der Waals surface area contributed by atoms with Crippen molar-refractivity contribution in [2.45, 2.75) is 6.18 Å². The zero-order valence-corrected chi connectivity index (χ0v) is 25.9. The van der Waals surface area contributed by atoms with E-state index in [4.69, 9.17) is 9.97 Å². The number of nitrogens with one attached hydrogen (secondary N) is 1. The number of rotatable bonds is 4. The third-order valence-electron chi connectivity index (χ3n) is 9.11. The van der Waals surface area contributed by atoms with Crippen molar-refractivity contribution in [3.05, 3.63) is 145 Å². The third kappa shape index (κ3) is 4.92. The molecule has 1 aliphatic heterocycles. The molecule has 0 atom stereocenters. The highest BCUT2D eigenvalue weighted by atomic mass is 19.4. The second kappa shape index (κ2) is 11.2. The summed E-state index contributed by atoms with van der Waals surface area (Å²) in [5.74, 6) is 1.76. The van der Waals surface area contributed by atoms with Crippen LogP contribution < -0.4 is 5.32 Å². The Bertz CT molecular complexity index is 2590. The number of pyridine rings is 3. The molecule has 236 valence electrons. The highest BCUT2D eigenvalue weighted by Gasteiger charge is 2.33. The van der Waals surface area contributed by atoms with Crippen molar-refractivity contribution in [2.75, 3.05) is 11.9 Å². The maximum Gasteiger partial charge on any atom is 0.417 e. The quantitative estimate of drug-likeness (QED) is 0.194. The van der Waals surface area contributed by atoms with Gasteiger partial charge in [0, 0.05) is 41.0 Å². The summed E-state index contributed by atoms with van der Waals surface area (Å²) in [6.07, 6.45) is 3.24. The average molecular weight is 646 g/mol. The molecule has 0 amide bonds. The molecule has 5 heterocycles. The van der Waals surface area contributed by atoms with Crippen molar-refractivity contribution in [3.63, 3.8) is 0 Å². The van der Waals surface area contributed by atoms with Gasteiger partial charge >= 0.3 is 6.18 Å². The van der Waals surface area contributed by atoms with Crippen LogP contribution in [-0.4, -0.2) is 26.1 Å². The van der Waals surface area contributed by atoms with Crippen LogP contribution in [-0.2, 0) is 6.18 Å². The van der Waals surface area contributed by atoms with Gasteiger partial charge in [-0.2, -0.15) is 13.2 Å². The molecule has 0 aliphatic carbocycles. The van der Waals surface area contributed by atoms with Crippen molar-refractivity contribution in [2.24, 2.45) is 0 Å². The summed E-state index contributed by atoms with van der Waals surface area (Å²) in [4.78, 5) is 14.3. The van der Waals surface area contributed by atoms with Crippen molar-refractivity contribution >= 4 is 44.3 Å². The Labute approximate surface area is 279 Å². The predicted octanol–water partition coefficient (Wildman–Crippen LogP) is 10.6. The molecule has 49 heavy (non-hydrogen) atoms. The van der Waals surface area contributed by atoms with Crippen LogP contribution in [0.5, 0.6) is 0 Å². The molecule has 0 bridgehead atoms. The number of para-hydroxylation sites is 1. The van der Waals surface area contributed by atoms with Crippen LogP contribution in [0.4, 0.5) is 19.0 Å². The second-order valence-electron chi connectivity index (χ2n) is 12.0. The fraction of sp³-hybridized carbons (Fsp3) is 0.0488. The molecule has 0 fully saturated rings. The van der Waals surface area contributed by atoms with Crippen molar-refractivity contribution in [3.8, 4) is 39.6 Å². The minimum atomic E-state index is -4.53. The van der Waals surface area contributed by atoms with Gasteiger partial charge in [-0.25, -0.2) is 9.97 Å².